The fourth-order valence-corrected chi connectivity index (χ4v) is 7.93. The van der Waals surface area contributed by atoms with Gasteiger partial charge in [-0.15, -0.1) is 0 Å². The molecule has 0 spiro atoms. The largest absolute Gasteiger partial charge is 0.393 e. The summed E-state index contributed by atoms with van der Waals surface area (Å²) in [5.41, 5.74) is 0.173. The number of fused-ring (bicyclic) bond motifs is 5. The van der Waals surface area contributed by atoms with Crippen molar-refractivity contribution >= 4 is 5.78 Å². The second-order valence-electron chi connectivity index (χ2n) is 10.1. The van der Waals surface area contributed by atoms with E-state index >= 15 is 0 Å². The van der Waals surface area contributed by atoms with E-state index in [4.69, 9.17) is 0 Å². The van der Waals surface area contributed by atoms with E-state index in [-0.39, 0.29) is 17.4 Å². The minimum Gasteiger partial charge on any atom is -0.393 e. The first-order chi connectivity index (χ1) is 13.1. The van der Waals surface area contributed by atoms with E-state index in [0.29, 0.717) is 18.2 Å². The molecule has 0 radical (unpaired) electrons. The number of aliphatic hydroxyl groups is 1. The Morgan fingerprint density at radius 2 is 1.81 bits per heavy atom. The maximum absolute atomic E-state index is 13.1. The molecule has 27 heavy (non-hydrogen) atoms. The molecule has 0 saturated heterocycles. The zero-order chi connectivity index (χ0) is 18.6. The highest BCUT2D eigenvalue weighted by atomic mass is 16.3. The Morgan fingerprint density at radius 1 is 1.04 bits per heavy atom. The number of carbonyl (C=O) groups excluding carboxylic acids is 1. The van der Waals surface area contributed by atoms with Crippen LogP contribution in [0.1, 0.15) is 64.7 Å². The van der Waals surface area contributed by atoms with Gasteiger partial charge in [-0.1, -0.05) is 6.92 Å². The molecule has 0 bridgehead atoms. The molecule has 5 heteroatoms. The van der Waals surface area contributed by atoms with Crippen LogP contribution in [0.3, 0.4) is 0 Å². The number of aromatic nitrogens is 3. The summed E-state index contributed by atoms with van der Waals surface area (Å²) < 4.78 is 0. The van der Waals surface area contributed by atoms with Gasteiger partial charge in [-0.05, 0) is 92.8 Å². The second-order valence-corrected chi connectivity index (χ2v) is 10.1. The molecule has 4 aliphatic carbocycles. The Hall–Kier alpha value is -1.23. The molecule has 4 saturated carbocycles. The maximum Gasteiger partial charge on any atom is 0.159 e. The van der Waals surface area contributed by atoms with E-state index in [0.717, 1.165) is 42.9 Å². The van der Waals surface area contributed by atoms with Crippen molar-refractivity contribution in [3.05, 3.63) is 12.4 Å². The summed E-state index contributed by atoms with van der Waals surface area (Å²) in [5, 5.41) is 18.4. The van der Waals surface area contributed by atoms with Crippen LogP contribution in [-0.2, 0) is 11.3 Å². The molecule has 0 aromatic carbocycles. The highest BCUT2D eigenvalue weighted by Gasteiger charge is 2.58. The number of Topliss-reactive ketones (excluding diaryl/α,β-unsaturated/α-hetero) is 1. The number of rotatable bonds is 3. The van der Waals surface area contributed by atoms with E-state index < -0.39 is 0 Å². The summed E-state index contributed by atoms with van der Waals surface area (Å²) in [6.07, 6.45) is 13.9. The number of hydrogen-bond donors (Lipinski definition) is 1. The first-order valence-electron chi connectivity index (χ1n) is 11.1. The van der Waals surface area contributed by atoms with Crippen LogP contribution in [0, 0.1) is 40.9 Å². The fourth-order valence-electron chi connectivity index (χ4n) is 7.93. The molecule has 1 heterocycles. The molecule has 4 fully saturated rings. The molecule has 1 N–H and O–H groups in total. The smallest absolute Gasteiger partial charge is 0.159 e. The molecule has 0 aliphatic heterocycles. The lowest BCUT2D eigenvalue weighted by Gasteiger charge is -2.56. The number of aliphatic hydroxyl groups excluding tert-OH is 1. The highest BCUT2D eigenvalue weighted by molar-refractivity contribution is 5.81. The van der Waals surface area contributed by atoms with Crippen LogP contribution < -0.4 is 0 Å². The fraction of sp³-hybridized carbons (Fsp3) is 0.864. The third-order valence-corrected chi connectivity index (χ3v) is 9.08. The lowest BCUT2D eigenvalue weighted by Crippen LogP contribution is -2.50. The minimum absolute atomic E-state index is 0.0546. The van der Waals surface area contributed by atoms with Crippen molar-refractivity contribution in [3.63, 3.8) is 0 Å². The van der Waals surface area contributed by atoms with Gasteiger partial charge >= 0.3 is 0 Å². The Bertz CT molecular complexity index is 690. The summed E-state index contributed by atoms with van der Waals surface area (Å²) >= 11 is 0. The maximum atomic E-state index is 13.1. The Kier molecular flexibility index (Phi) is 4.41. The summed E-state index contributed by atoms with van der Waals surface area (Å²) in [6.45, 7) is 2.74. The lowest BCUT2D eigenvalue weighted by atomic mass is 9.49. The van der Waals surface area contributed by atoms with Crippen molar-refractivity contribution < 1.29 is 9.90 Å². The van der Waals surface area contributed by atoms with Crippen LogP contribution in [0.15, 0.2) is 12.4 Å². The molecule has 5 nitrogen and oxygen atoms in total. The van der Waals surface area contributed by atoms with Gasteiger partial charge < -0.3 is 5.11 Å². The number of hydrogen-bond acceptors (Lipinski definition) is 4. The molecule has 4 aliphatic rings. The monoisotopic (exact) mass is 371 g/mol. The molecule has 0 amide bonds. The van der Waals surface area contributed by atoms with Crippen molar-refractivity contribution in [2.75, 3.05) is 0 Å². The Labute approximate surface area is 161 Å². The van der Waals surface area contributed by atoms with Crippen LogP contribution in [0.25, 0.3) is 0 Å². The Morgan fingerprint density at radius 3 is 2.63 bits per heavy atom. The number of nitrogens with zero attached hydrogens (tertiary/aromatic N) is 3. The minimum atomic E-state index is -0.0546. The van der Waals surface area contributed by atoms with Gasteiger partial charge in [0.25, 0.3) is 0 Å². The van der Waals surface area contributed by atoms with Crippen molar-refractivity contribution in [2.45, 2.75) is 77.4 Å². The van der Waals surface area contributed by atoms with Crippen molar-refractivity contribution in [3.8, 4) is 0 Å². The second kappa shape index (κ2) is 6.68. The topological polar surface area (TPSA) is 68.0 Å². The van der Waals surface area contributed by atoms with Crippen LogP contribution in [0.5, 0.6) is 0 Å². The van der Waals surface area contributed by atoms with Crippen molar-refractivity contribution in [2.24, 2.45) is 40.9 Å². The highest BCUT2D eigenvalue weighted by Crippen LogP contribution is 2.64. The number of carbonyl (C=O) groups is 1. The van der Waals surface area contributed by atoms with Crippen LogP contribution in [0.2, 0.25) is 0 Å². The molecule has 1 aromatic rings. The standard InChI is InChI=1S/C22H33N3O2/c1-22-9-8-17-16-5-3-15(26)12-14(16)2-4-18(17)19(22)6-7-20(22)21(27)13-25-23-10-11-24-25/h10-11,14-20,26H,2-9,12-13H2,1H3. The van der Waals surface area contributed by atoms with Gasteiger partial charge in [0.1, 0.15) is 6.54 Å². The van der Waals surface area contributed by atoms with Gasteiger partial charge in [0.2, 0.25) is 0 Å². The van der Waals surface area contributed by atoms with Crippen LogP contribution in [-0.4, -0.2) is 32.0 Å². The van der Waals surface area contributed by atoms with E-state index in [2.05, 4.69) is 17.1 Å². The van der Waals surface area contributed by atoms with E-state index in [1.165, 1.54) is 38.5 Å². The lowest BCUT2D eigenvalue weighted by molar-refractivity contribution is -0.131. The summed E-state index contributed by atoms with van der Waals surface area (Å²) in [7, 11) is 0. The van der Waals surface area contributed by atoms with Gasteiger partial charge in [0.05, 0.1) is 18.5 Å². The van der Waals surface area contributed by atoms with E-state index in [1.807, 2.05) is 0 Å². The molecular formula is C22H33N3O2. The number of ketones is 1. The zero-order valence-electron chi connectivity index (χ0n) is 16.5. The zero-order valence-corrected chi connectivity index (χ0v) is 16.5. The predicted molar refractivity (Wildman–Crippen MR) is 102 cm³/mol. The molecule has 1 aromatic heterocycles. The quantitative estimate of drug-likeness (QED) is 0.883. The van der Waals surface area contributed by atoms with Crippen molar-refractivity contribution in [1.29, 1.82) is 0 Å². The molecular weight excluding hydrogens is 338 g/mol. The molecule has 8 atom stereocenters. The third-order valence-electron chi connectivity index (χ3n) is 9.08. The van der Waals surface area contributed by atoms with Crippen LogP contribution >= 0.6 is 0 Å². The average Bonchev–Trinajstić information content (AvgIpc) is 3.28. The summed E-state index contributed by atoms with van der Waals surface area (Å²) in [5.74, 6) is 4.47. The van der Waals surface area contributed by atoms with Gasteiger partial charge in [-0.3, -0.25) is 4.79 Å². The van der Waals surface area contributed by atoms with E-state index in [1.54, 1.807) is 17.2 Å². The van der Waals surface area contributed by atoms with Gasteiger partial charge in [-0.25, -0.2) is 0 Å². The molecule has 148 valence electrons. The first kappa shape index (κ1) is 17.8. The molecule has 5 rings (SSSR count). The normalized spacial score (nSPS) is 46.4. The summed E-state index contributed by atoms with van der Waals surface area (Å²) in [4.78, 5) is 14.6. The van der Waals surface area contributed by atoms with Gasteiger partial charge in [-0.2, -0.15) is 15.0 Å². The van der Waals surface area contributed by atoms with E-state index in [9.17, 15) is 9.90 Å². The van der Waals surface area contributed by atoms with Crippen molar-refractivity contribution in [1.82, 2.24) is 15.0 Å². The first-order valence-corrected chi connectivity index (χ1v) is 11.1. The van der Waals surface area contributed by atoms with Gasteiger partial charge in [0, 0.05) is 5.92 Å². The van der Waals surface area contributed by atoms with Gasteiger partial charge in [0.15, 0.2) is 5.78 Å². The third kappa shape index (κ3) is 2.88. The molecule has 8 unspecified atom stereocenters. The Balaban J connectivity index is 1.33. The van der Waals surface area contributed by atoms with Crippen LogP contribution in [0.4, 0.5) is 0 Å². The average molecular weight is 372 g/mol. The SMILES string of the molecule is CC12CCC3C4CCC(O)CC4CCC3C1CCC2C(=O)Cn1nccn1. The summed E-state index contributed by atoms with van der Waals surface area (Å²) in [6, 6.07) is 0. The predicted octanol–water partition coefficient (Wildman–Crippen LogP) is 3.48.